The standard InChI is InChI=1S/C17H25NO/c19-15-10-11-16-13(12-15)6-5-9-17(16)18-14-7-3-1-2-4-8-14/h10-12,14,17-19H,1-9H2. The molecule has 0 radical (unpaired) electrons. The predicted molar refractivity (Wildman–Crippen MR) is 78.4 cm³/mol. The lowest BCUT2D eigenvalue weighted by Crippen LogP contribution is -2.34. The number of rotatable bonds is 2. The molecule has 19 heavy (non-hydrogen) atoms. The van der Waals surface area contributed by atoms with Crippen LogP contribution in [0.2, 0.25) is 0 Å². The molecule has 1 unspecified atom stereocenters. The Morgan fingerprint density at radius 3 is 2.53 bits per heavy atom. The van der Waals surface area contributed by atoms with Gasteiger partial charge >= 0.3 is 0 Å². The van der Waals surface area contributed by atoms with E-state index in [4.69, 9.17) is 0 Å². The monoisotopic (exact) mass is 259 g/mol. The first kappa shape index (κ1) is 13.0. The lowest BCUT2D eigenvalue weighted by molar-refractivity contribution is 0.367. The van der Waals surface area contributed by atoms with Crippen LogP contribution in [-0.4, -0.2) is 11.1 Å². The van der Waals surface area contributed by atoms with Crippen molar-refractivity contribution in [1.29, 1.82) is 0 Å². The maximum Gasteiger partial charge on any atom is 0.115 e. The molecule has 1 atom stereocenters. The van der Waals surface area contributed by atoms with Gasteiger partial charge in [0.05, 0.1) is 0 Å². The van der Waals surface area contributed by atoms with Crippen molar-refractivity contribution in [1.82, 2.24) is 5.32 Å². The minimum Gasteiger partial charge on any atom is -0.508 e. The summed E-state index contributed by atoms with van der Waals surface area (Å²) in [6, 6.07) is 7.13. The van der Waals surface area contributed by atoms with Crippen LogP contribution < -0.4 is 5.32 Å². The molecule has 2 heteroatoms. The Morgan fingerprint density at radius 1 is 0.947 bits per heavy atom. The Hall–Kier alpha value is -1.02. The third-order valence-corrected chi connectivity index (χ3v) is 4.73. The molecule has 3 rings (SSSR count). The minimum absolute atomic E-state index is 0.411. The smallest absolute Gasteiger partial charge is 0.115 e. The van der Waals surface area contributed by atoms with Crippen molar-refractivity contribution in [2.75, 3.05) is 0 Å². The fraction of sp³-hybridized carbons (Fsp3) is 0.647. The Kier molecular flexibility index (Phi) is 4.07. The number of hydrogen-bond donors (Lipinski definition) is 2. The largest absolute Gasteiger partial charge is 0.508 e. The van der Waals surface area contributed by atoms with Crippen molar-refractivity contribution in [2.45, 2.75) is 69.9 Å². The van der Waals surface area contributed by atoms with E-state index in [1.54, 1.807) is 0 Å². The highest BCUT2D eigenvalue weighted by Crippen LogP contribution is 2.33. The van der Waals surface area contributed by atoms with E-state index in [1.165, 1.54) is 62.5 Å². The van der Waals surface area contributed by atoms with Gasteiger partial charge in [0.25, 0.3) is 0 Å². The number of benzene rings is 1. The maximum atomic E-state index is 9.61. The number of phenolic OH excluding ortho intramolecular Hbond substituents is 1. The topological polar surface area (TPSA) is 32.3 Å². The summed E-state index contributed by atoms with van der Waals surface area (Å²) in [7, 11) is 0. The van der Waals surface area contributed by atoms with Gasteiger partial charge in [0.2, 0.25) is 0 Å². The average molecular weight is 259 g/mol. The zero-order chi connectivity index (χ0) is 13.1. The number of aryl methyl sites for hydroxylation is 1. The Labute approximate surface area is 116 Å². The van der Waals surface area contributed by atoms with Gasteiger partial charge in [-0.2, -0.15) is 0 Å². The van der Waals surface area contributed by atoms with E-state index in [1.807, 2.05) is 12.1 Å². The van der Waals surface area contributed by atoms with Crippen molar-refractivity contribution < 1.29 is 5.11 Å². The summed E-state index contributed by atoms with van der Waals surface area (Å²) < 4.78 is 0. The molecule has 0 heterocycles. The first-order valence-electron chi connectivity index (χ1n) is 7.91. The van der Waals surface area contributed by atoms with Gasteiger partial charge in [-0.15, -0.1) is 0 Å². The van der Waals surface area contributed by atoms with E-state index >= 15 is 0 Å². The summed E-state index contributed by atoms with van der Waals surface area (Å²) >= 11 is 0. The third kappa shape index (κ3) is 3.11. The van der Waals surface area contributed by atoms with E-state index in [9.17, 15) is 5.11 Å². The van der Waals surface area contributed by atoms with E-state index in [-0.39, 0.29) is 0 Å². The Bertz CT molecular complexity index is 421. The molecule has 0 bridgehead atoms. The van der Waals surface area contributed by atoms with Crippen LogP contribution >= 0.6 is 0 Å². The molecule has 1 fully saturated rings. The highest BCUT2D eigenvalue weighted by molar-refractivity contribution is 5.38. The molecule has 2 N–H and O–H groups in total. The van der Waals surface area contributed by atoms with E-state index in [2.05, 4.69) is 11.4 Å². The maximum absolute atomic E-state index is 9.61. The zero-order valence-corrected chi connectivity index (χ0v) is 11.7. The van der Waals surface area contributed by atoms with Crippen LogP contribution in [0.15, 0.2) is 18.2 Å². The van der Waals surface area contributed by atoms with E-state index in [0.29, 0.717) is 17.8 Å². The van der Waals surface area contributed by atoms with Crippen molar-refractivity contribution in [3.05, 3.63) is 29.3 Å². The predicted octanol–water partition coefficient (Wildman–Crippen LogP) is 4.08. The van der Waals surface area contributed by atoms with Crippen LogP contribution in [0.5, 0.6) is 5.75 Å². The van der Waals surface area contributed by atoms with Crippen molar-refractivity contribution in [2.24, 2.45) is 0 Å². The molecule has 1 aromatic rings. The lowest BCUT2D eigenvalue weighted by atomic mass is 9.86. The van der Waals surface area contributed by atoms with Gasteiger partial charge in [0.1, 0.15) is 5.75 Å². The highest BCUT2D eigenvalue weighted by atomic mass is 16.3. The van der Waals surface area contributed by atoms with Gasteiger partial charge in [0, 0.05) is 12.1 Å². The van der Waals surface area contributed by atoms with Crippen LogP contribution in [0, 0.1) is 0 Å². The molecular weight excluding hydrogens is 234 g/mol. The first-order valence-corrected chi connectivity index (χ1v) is 7.91. The highest BCUT2D eigenvalue weighted by Gasteiger charge is 2.23. The van der Waals surface area contributed by atoms with Gasteiger partial charge in [-0.25, -0.2) is 0 Å². The second-order valence-corrected chi connectivity index (χ2v) is 6.18. The van der Waals surface area contributed by atoms with Crippen molar-refractivity contribution in [3.63, 3.8) is 0 Å². The van der Waals surface area contributed by atoms with Crippen LogP contribution in [0.1, 0.15) is 68.5 Å². The average Bonchev–Trinajstić information content (AvgIpc) is 2.67. The van der Waals surface area contributed by atoms with Gasteiger partial charge < -0.3 is 10.4 Å². The van der Waals surface area contributed by atoms with E-state index < -0.39 is 0 Å². The summed E-state index contributed by atoms with van der Waals surface area (Å²) in [6.07, 6.45) is 11.9. The summed E-state index contributed by atoms with van der Waals surface area (Å²) in [6.45, 7) is 0. The van der Waals surface area contributed by atoms with Gasteiger partial charge in [-0.05, 0) is 55.4 Å². The number of fused-ring (bicyclic) bond motifs is 1. The van der Waals surface area contributed by atoms with Crippen LogP contribution in [0.4, 0.5) is 0 Å². The van der Waals surface area contributed by atoms with Gasteiger partial charge in [0.15, 0.2) is 0 Å². The Morgan fingerprint density at radius 2 is 1.74 bits per heavy atom. The molecule has 1 saturated carbocycles. The number of nitrogens with one attached hydrogen (secondary N) is 1. The molecule has 0 aromatic heterocycles. The number of hydrogen-bond acceptors (Lipinski definition) is 2. The molecule has 0 spiro atoms. The van der Waals surface area contributed by atoms with Crippen LogP contribution in [0.3, 0.4) is 0 Å². The quantitative estimate of drug-likeness (QED) is 0.784. The molecule has 2 aliphatic rings. The number of aromatic hydroxyl groups is 1. The summed E-state index contributed by atoms with van der Waals surface area (Å²) in [5.41, 5.74) is 2.77. The third-order valence-electron chi connectivity index (χ3n) is 4.73. The fourth-order valence-corrected chi connectivity index (χ4v) is 3.70. The first-order chi connectivity index (χ1) is 9.33. The molecule has 0 saturated heterocycles. The molecule has 1 aromatic carbocycles. The molecule has 2 nitrogen and oxygen atoms in total. The molecule has 0 aliphatic heterocycles. The molecule has 0 amide bonds. The molecule has 2 aliphatic carbocycles. The van der Waals surface area contributed by atoms with Crippen molar-refractivity contribution in [3.8, 4) is 5.75 Å². The fourth-order valence-electron chi connectivity index (χ4n) is 3.70. The van der Waals surface area contributed by atoms with Crippen molar-refractivity contribution >= 4 is 0 Å². The summed E-state index contributed by atoms with van der Waals surface area (Å²) in [5, 5.41) is 13.5. The minimum atomic E-state index is 0.411. The second-order valence-electron chi connectivity index (χ2n) is 6.18. The zero-order valence-electron chi connectivity index (χ0n) is 11.7. The number of phenols is 1. The van der Waals surface area contributed by atoms with Crippen LogP contribution in [0.25, 0.3) is 0 Å². The second kappa shape index (κ2) is 5.96. The normalized spacial score (nSPS) is 24.7. The van der Waals surface area contributed by atoms with E-state index in [0.717, 1.165) is 6.42 Å². The molecule has 104 valence electrons. The van der Waals surface area contributed by atoms with Crippen LogP contribution in [-0.2, 0) is 6.42 Å². The van der Waals surface area contributed by atoms with Gasteiger partial charge in [-0.3, -0.25) is 0 Å². The Balaban J connectivity index is 1.72. The van der Waals surface area contributed by atoms with Gasteiger partial charge in [-0.1, -0.05) is 31.7 Å². The summed E-state index contributed by atoms with van der Waals surface area (Å²) in [5.74, 6) is 0.411. The summed E-state index contributed by atoms with van der Waals surface area (Å²) in [4.78, 5) is 0. The SMILES string of the molecule is Oc1ccc2c(c1)CCCC2NC1CCCCCC1. The lowest BCUT2D eigenvalue weighted by Gasteiger charge is -2.30. The molecular formula is C17H25NO.